The van der Waals surface area contributed by atoms with Gasteiger partial charge in [0.05, 0.1) is 6.61 Å². The van der Waals surface area contributed by atoms with Gasteiger partial charge in [-0.05, 0) is 17.5 Å². The molecule has 1 heterocycles. The Morgan fingerprint density at radius 2 is 2.21 bits per heavy atom. The molecule has 0 bridgehead atoms. The average Bonchev–Trinajstić information content (AvgIpc) is 2.66. The third kappa shape index (κ3) is 1.56. The van der Waals surface area contributed by atoms with Gasteiger partial charge in [-0.3, -0.25) is 0 Å². The van der Waals surface area contributed by atoms with Crippen molar-refractivity contribution in [1.82, 2.24) is 0 Å². The summed E-state index contributed by atoms with van der Waals surface area (Å²) in [6.07, 6.45) is 1.67. The van der Waals surface area contributed by atoms with Crippen molar-refractivity contribution in [1.29, 1.82) is 0 Å². The molecule has 0 saturated carbocycles. The van der Waals surface area contributed by atoms with Gasteiger partial charge in [0, 0.05) is 13.0 Å². The quantitative estimate of drug-likeness (QED) is 0.775. The van der Waals surface area contributed by atoms with Gasteiger partial charge in [0.15, 0.2) is 0 Å². The number of ether oxygens (including phenoxy) is 1. The minimum Gasteiger partial charge on any atom is -0.383 e. The van der Waals surface area contributed by atoms with E-state index in [1.165, 1.54) is 5.56 Å². The summed E-state index contributed by atoms with van der Waals surface area (Å²) in [6, 6.07) is 8.07. The van der Waals surface area contributed by atoms with E-state index in [4.69, 9.17) is 4.74 Å². The fraction of sp³-hybridized carbons (Fsp3) is 0.500. The number of benzene rings is 1. The highest BCUT2D eigenvalue weighted by atomic mass is 16.5. The Kier molecular flexibility index (Phi) is 2.57. The van der Waals surface area contributed by atoms with Crippen molar-refractivity contribution in [3.8, 4) is 0 Å². The maximum atomic E-state index is 10.3. The second-order valence-electron chi connectivity index (χ2n) is 3.84. The number of rotatable bonds is 2. The van der Waals surface area contributed by atoms with Gasteiger partial charge in [-0.25, -0.2) is 0 Å². The Bertz CT molecular complexity index is 314. The first-order chi connectivity index (χ1) is 6.76. The van der Waals surface area contributed by atoms with E-state index < -0.39 is 5.60 Å². The molecule has 2 heteroatoms. The summed E-state index contributed by atoms with van der Waals surface area (Å²) in [5.74, 6) is 0. The van der Waals surface area contributed by atoms with Crippen LogP contribution in [0.4, 0.5) is 0 Å². The summed E-state index contributed by atoms with van der Waals surface area (Å²) in [7, 11) is 0. The van der Waals surface area contributed by atoms with Crippen LogP contribution in [0.1, 0.15) is 24.5 Å². The van der Waals surface area contributed by atoms with Crippen LogP contribution in [0.3, 0.4) is 0 Å². The van der Waals surface area contributed by atoms with E-state index in [1.807, 2.05) is 18.2 Å². The van der Waals surface area contributed by atoms with E-state index >= 15 is 0 Å². The third-order valence-electron chi connectivity index (χ3n) is 2.90. The van der Waals surface area contributed by atoms with E-state index in [2.05, 4.69) is 13.0 Å². The predicted octanol–water partition coefficient (Wildman–Crippen LogP) is 1.86. The van der Waals surface area contributed by atoms with Gasteiger partial charge in [-0.15, -0.1) is 0 Å². The monoisotopic (exact) mass is 192 g/mol. The van der Waals surface area contributed by atoms with E-state index in [-0.39, 0.29) is 0 Å². The van der Waals surface area contributed by atoms with Crippen molar-refractivity contribution in [2.24, 2.45) is 0 Å². The van der Waals surface area contributed by atoms with Crippen LogP contribution in [-0.4, -0.2) is 18.3 Å². The first-order valence-electron chi connectivity index (χ1n) is 5.15. The molecule has 76 valence electrons. The highest BCUT2D eigenvalue weighted by Crippen LogP contribution is 2.32. The van der Waals surface area contributed by atoms with Gasteiger partial charge in [0.1, 0.15) is 5.60 Å². The largest absolute Gasteiger partial charge is 0.383 e. The summed E-state index contributed by atoms with van der Waals surface area (Å²) in [6.45, 7) is 3.20. The zero-order chi connectivity index (χ0) is 10.0. The van der Waals surface area contributed by atoms with Crippen LogP contribution >= 0.6 is 0 Å². The van der Waals surface area contributed by atoms with Crippen LogP contribution in [0.5, 0.6) is 0 Å². The second kappa shape index (κ2) is 3.71. The lowest BCUT2D eigenvalue weighted by Crippen LogP contribution is -2.27. The summed E-state index contributed by atoms with van der Waals surface area (Å²) >= 11 is 0. The molecule has 0 spiro atoms. The standard InChI is InChI=1S/C12H16O2/c1-2-10-5-3-4-6-11(10)12(13)7-8-14-9-12/h3-6,13H,2,7-9H2,1H3. The second-order valence-corrected chi connectivity index (χ2v) is 3.84. The van der Waals surface area contributed by atoms with Gasteiger partial charge in [-0.2, -0.15) is 0 Å². The summed E-state index contributed by atoms with van der Waals surface area (Å²) < 4.78 is 5.26. The maximum Gasteiger partial charge on any atom is 0.115 e. The molecule has 14 heavy (non-hydrogen) atoms. The first kappa shape index (κ1) is 9.69. The molecule has 2 rings (SSSR count). The van der Waals surface area contributed by atoms with Crippen molar-refractivity contribution in [2.75, 3.05) is 13.2 Å². The molecule has 1 aliphatic rings. The zero-order valence-corrected chi connectivity index (χ0v) is 8.49. The Morgan fingerprint density at radius 1 is 1.43 bits per heavy atom. The molecule has 0 amide bonds. The molecule has 1 unspecified atom stereocenters. The van der Waals surface area contributed by atoms with E-state index in [1.54, 1.807) is 0 Å². The van der Waals surface area contributed by atoms with Gasteiger partial charge in [0.25, 0.3) is 0 Å². The minimum absolute atomic E-state index is 0.435. The van der Waals surface area contributed by atoms with Crippen molar-refractivity contribution >= 4 is 0 Å². The molecular weight excluding hydrogens is 176 g/mol. The van der Waals surface area contributed by atoms with Gasteiger partial charge >= 0.3 is 0 Å². The zero-order valence-electron chi connectivity index (χ0n) is 8.49. The number of aliphatic hydroxyl groups is 1. The number of hydrogen-bond acceptors (Lipinski definition) is 2. The lowest BCUT2D eigenvalue weighted by atomic mass is 9.88. The van der Waals surface area contributed by atoms with E-state index in [0.717, 1.165) is 12.0 Å². The predicted molar refractivity (Wildman–Crippen MR) is 55.2 cm³/mol. The molecule has 0 aliphatic carbocycles. The lowest BCUT2D eigenvalue weighted by molar-refractivity contribution is 0.0225. The van der Waals surface area contributed by atoms with Crippen LogP contribution in [0.2, 0.25) is 0 Å². The fourth-order valence-corrected chi connectivity index (χ4v) is 2.05. The molecule has 2 nitrogen and oxygen atoms in total. The molecule has 1 aromatic rings. The summed E-state index contributed by atoms with van der Waals surface area (Å²) in [5, 5.41) is 10.3. The Balaban J connectivity index is 2.39. The number of hydrogen-bond donors (Lipinski definition) is 1. The topological polar surface area (TPSA) is 29.5 Å². The van der Waals surface area contributed by atoms with Crippen LogP contribution in [0.15, 0.2) is 24.3 Å². The van der Waals surface area contributed by atoms with Crippen molar-refractivity contribution < 1.29 is 9.84 Å². The molecule has 1 fully saturated rings. The maximum absolute atomic E-state index is 10.3. The Labute approximate surface area is 84.5 Å². The molecule has 1 aliphatic heterocycles. The fourth-order valence-electron chi connectivity index (χ4n) is 2.05. The van der Waals surface area contributed by atoms with Crippen molar-refractivity contribution in [2.45, 2.75) is 25.4 Å². The number of aryl methyl sites for hydroxylation is 1. The molecule has 0 aromatic heterocycles. The average molecular weight is 192 g/mol. The van der Waals surface area contributed by atoms with Crippen LogP contribution in [0, 0.1) is 0 Å². The van der Waals surface area contributed by atoms with Gasteiger partial charge in [0.2, 0.25) is 0 Å². The lowest BCUT2D eigenvalue weighted by Gasteiger charge is -2.23. The van der Waals surface area contributed by atoms with E-state index in [0.29, 0.717) is 19.6 Å². The highest BCUT2D eigenvalue weighted by molar-refractivity contribution is 5.33. The van der Waals surface area contributed by atoms with Crippen LogP contribution in [0.25, 0.3) is 0 Å². The molecular formula is C12H16O2. The first-order valence-corrected chi connectivity index (χ1v) is 5.15. The molecule has 0 radical (unpaired) electrons. The molecule has 1 N–H and O–H groups in total. The van der Waals surface area contributed by atoms with Crippen molar-refractivity contribution in [3.05, 3.63) is 35.4 Å². The Hall–Kier alpha value is -0.860. The third-order valence-corrected chi connectivity index (χ3v) is 2.90. The smallest absolute Gasteiger partial charge is 0.115 e. The SMILES string of the molecule is CCc1ccccc1C1(O)CCOC1. The van der Waals surface area contributed by atoms with Crippen LogP contribution < -0.4 is 0 Å². The summed E-state index contributed by atoms with van der Waals surface area (Å²) in [4.78, 5) is 0. The van der Waals surface area contributed by atoms with Crippen LogP contribution in [-0.2, 0) is 16.8 Å². The minimum atomic E-state index is -0.743. The van der Waals surface area contributed by atoms with Gasteiger partial charge in [-0.1, -0.05) is 31.2 Å². The molecule has 1 atom stereocenters. The highest BCUT2D eigenvalue weighted by Gasteiger charge is 2.35. The van der Waals surface area contributed by atoms with Crippen molar-refractivity contribution in [3.63, 3.8) is 0 Å². The Morgan fingerprint density at radius 3 is 2.86 bits per heavy atom. The van der Waals surface area contributed by atoms with E-state index in [9.17, 15) is 5.11 Å². The van der Waals surface area contributed by atoms with Gasteiger partial charge < -0.3 is 9.84 Å². The molecule has 1 saturated heterocycles. The normalized spacial score (nSPS) is 26.7. The molecule has 1 aromatic carbocycles. The summed E-state index contributed by atoms with van der Waals surface area (Å²) in [5.41, 5.74) is 1.52.